The molecule has 6 rings (SSSR count). The molecule has 0 atom stereocenters. The minimum atomic E-state index is -5.55. The first-order valence-corrected chi connectivity index (χ1v) is 22.4. The number of fused-ring (bicyclic) bond motifs is 1. The predicted molar refractivity (Wildman–Crippen MR) is 218 cm³/mol. The van der Waals surface area contributed by atoms with E-state index >= 15 is 0 Å². The van der Waals surface area contributed by atoms with Crippen LogP contribution in [0, 0.1) is 0 Å². The van der Waals surface area contributed by atoms with Gasteiger partial charge >= 0.3 is 118 Å². The number of hydrogen-bond acceptors (Lipinski definition) is 22. The Morgan fingerprint density at radius 3 is 1.38 bits per heavy atom. The van der Waals surface area contributed by atoms with Gasteiger partial charge in [-0.05, 0) is 83.2 Å². The number of phenolic OH excluding ortho intramolecular Hbond substituents is 1. The largest absolute Gasteiger partial charge is 1.00 e. The Morgan fingerprint density at radius 1 is 0.470 bits per heavy atom. The summed E-state index contributed by atoms with van der Waals surface area (Å²) in [6, 6.07) is 19.2. The van der Waals surface area contributed by atoms with Gasteiger partial charge in [0, 0.05) is 5.69 Å². The van der Waals surface area contributed by atoms with Crippen LogP contribution in [0.4, 0.5) is 51.2 Å². The monoisotopic (exact) mass is 1010 g/mol. The number of azo groups is 3. The molecule has 0 radical (unpaired) electrons. The minimum Gasteiger partial charge on any atom is -0.744 e. The first-order chi connectivity index (χ1) is 28.9. The molecule has 320 valence electrons. The number of anilines is 3. The molecule has 0 spiro atoms. The van der Waals surface area contributed by atoms with Crippen LogP contribution < -0.4 is 135 Å². The molecular weight excluding hydrogens is 987 g/mol. The molecule has 0 fully saturated rings. The molecule has 0 aliphatic carbocycles. The molecule has 0 aromatic heterocycles. The third kappa shape index (κ3) is 14.3. The van der Waals surface area contributed by atoms with Crippen molar-refractivity contribution in [3.05, 3.63) is 108 Å². The van der Waals surface area contributed by atoms with Gasteiger partial charge in [-0.1, -0.05) is 42.5 Å². The summed E-state index contributed by atoms with van der Waals surface area (Å²) in [6.07, 6.45) is 2.00. The number of benzene rings is 6. The molecule has 7 N–H and O–H groups in total. The summed E-state index contributed by atoms with van der Waals surface area (Å²) in [5.74, 6) is -1.09. The molecule has 0 aliphatic rings. The van der Waals surface area contributed by atoms with Crippen LogP contribution in [-0.4, -0.2) is 57.0 Å². The van der Waals surface area contributed by atoms with E-state index in [4.69, 9.17) is 17.2 Å². The molecule has 6 aromatic carbocycles. The second-order valence-corrected chi connectivity index (χ2v) is 18.0. The summed E-state index contributed by atoms with van der Waals surface area (Å²) >= 11 is 0. The molecule has 66 heavy (non-hydrogen) atoms. The number of rotatable bonds is 12. The molecule has 0 amide bonds. The Bertz CT molecular complexity index is 3420. The van der Waals surface area contributed by atoms with Crippen LogP contribution in [0.25, 0.3) is 22.9 Å². The van der Waals surface area contributed by atoms with Crippen LogP contribution in [0.1, 0.15) is 11.1 Å². The van der Waals surface area contributed by atoms with Gasteiger partial charge in [0.15, 0.2) is 5.75 Å². The molecule has 30 heteroatoms. The molecular formula is C36H25N9Na4O13S4. The van der Waals surface area contributed by atoms with E-state index < -0.39 is 99.3 Å². The summed E-state index contributed by atoms with van der Waals surface area (Å²) < 4.78 is 148. The maximum atomic E-state index is 12.4. The van der Waals surface area contributed by atoms with Crippen molar-refractivity contribution < 1.29 is 175 Å². The van der Waals surface area contributed by atoms with Crippen LogP contribution in [0.15, 0.2) is 147 Å². The average Bonchev–Trinajstić information content (AvgIpc) is 3.18. The Kier molecular flexibility index (Phi) is 21.0. The third-order valence-electron chi connectivity index (χ3n) is 8.44. The smallest absolute Gasteiger partial charge is 0.744 e. The molecule has 22 nitrogen and oxygen atoms in total. The first kappa shape index (κ1) is 59.1. The van der Waals surface area contributed by atoms with Crippen molar-refractivity contribution in [3.63, 3.8) is 0 Å². The van der Waals surface area contributed by atoms with Crippen LogP contribution in [0.5, 0.6) is 5.75 Å². The summed E-state index contributed by atoms with van der Waals surface area (Å²) in [7, 11) is -21.6. The van der Waals surface area contributed by atoms with Crippen LogP contribution in [0.3, 0.4) is 0 Å². The fraction of sp³-hybridized carbons (Fsp3) is 0. The van der Waals surface area contributed by atoms with Gasteiger partial charge < -0.3 is 40.5 Å². The van der Waals surface area contributed by atoms with E-state index in [1.807, 2.05) is 0 Å². The minimum absolute atomic E-state index is 0. The fourth-order valence-corrected chi connectivity index (χ4v) is 8.32. The van der Waals surface area contributed by atoms with Gasteiger partial charge in [0.2, 0.25) is 0 Å². The van der Waals surface area contributed by atoms with Gasteiger partial charge in [0.25, 0.3) is 0 Å². The number of hydrogen-bond donors (Lipinski definition) is 4. The van der Waals surface area contributed by atoms with Crippen molar-refractivity contribution >= 4 is 115 Å². The normalized spacial score (nSPS) is 12.2. The van der Waals surface area contributed by atoms with Gasteiger partial charge in [-0.15, -0.1) is 15.3 Å². The number of phenols is 1. The summed E-state index contributed by atoms with van der Waals surface area (Å²) in [5.41, 5.74) is 14.8. The van der Waals surface area contributed by atoms with Gasteiger partial charge in [-0.2, -0.15) is 15.3 Å². The van der Waals surface area contributed by atoms with Gasteiger partial charge in [0.1, 0.15) is 57.5 Å². The van der Waals surface area contributed by atoms with Crippen LogP contribution in [0.2, 0.25) is 0 Å². The molecule has 0 bridgehead atoms. The molecule has 0 heterocycles. The Balaban J connectivity index is 0.00000374. The predicted octanol–water partition coefficient (Wildman–Crippen LogP) is -5.66. The summed E-state index contributed by atoms with van der Waals surface area (Å²) in [6.45, 7) is 0. The molecule has 0 aliphatic heterocycles. The average molecular weight is 1010 g/mol. The van der Waals surface area contributed by atoms with E-state index in [-0.39, 0.29) is 152 Å². The molecule has 0 unspecified atom stereocenters. The zero-order valence-electron chi connectivity index (χ0n) is 34.8. The number of aromatic hydroxyl groups is 1. The number of nitrogens with two attached hydrogens (primary N) is 3. The standard InChI is InChI=1S/C36H29N9O13S4.4Na/c37-22-10-13-27(26(38)16-22)43-41-24-11-8-19(28(17-24)59(47,48)49)6-7-20-9-12-25(18-29(20)60(50,51)52)42-44-34-30(61(53,54)55)14-21-15-31(62(56,57)58)35(36(46)32(21)33(34)39)45-40-23-4-2-1-3-5-23;;;;/h1-18,46H,37-39H2,(H,47,48,49)(H,50,51,52)(H,53,54,55)(H,56,57,58);;;;/q;4*+1/p-4. The second kappa shape index (κ2) is 23.5. The Hall–Kier alpha value is -3.04. The molecule has 0 saturated heterocycles. The van der Waals surface area contributed by atoms with Crippen molar-refractivity contribution in [1.82, 2.24) is 0 Å². The number of nitrogens with zero attached hydrogens (tertiary/aromatic N) is 6. The van der Waals surface area contributed by atoms with Crippen molar-refractivity contribution in [2.45, 2.75) is 19.6 Å². The maximum absolute atomic E-state index is 12.4. The Morgan fingerprint density at radius 2 is 0.909 bits per heavy atom. The van der Waals surface area contributed by atoms with Crippen molar-refractivity contribution in [3.8, 4) is 5.75 Å². The molecule has 6 aromatic rings. The first-order valence-electron chi connectivity index (χ1n) is 16.8. The number of nitrogen functional groups attached to an aromatic ring is 3. The summed E-state index contributed by atoms with van der Waals surface area (Å²) in [5, 5.41) is 32.9. The molecule has 0 saturated carbocycles. The fourth-order valence-electron chi connectivity index (χ4n) is 5.64. The van der Waals surface area contributed by atoms with Gasteiger partial charge in [-0.3, -0.25) is 0 Å². The van der Waals surface area contributed by atoms with E-state index in [1.165, 1.54) is 36.4 Å². The van der Waals surface area contributed by atoms with E-state index in [0.29, 0.717) is 23.9 Å². The van der Waals surface area contributed by atoms with E-state index in [9.17, 15) is 57.0 Å². The topological polar surface area (TPSA) is 401 Å². The van der Waals surface area contributed by atoms with Gasteiger partial charge in [-0.25, -0.2) is 33.7 Å². The third-order valence-corrected chi connectivity index (χ3v) is 11.9. The van der Waals surface area contributed by atoms with Crippen molar-refractivity contribution in [2.75, 3.05) is 17.2 Å². The van der Waals surface area contributed by atoms with Crippen LogP contribution in [-0.2, 0) is 40.5 Å². The van der Waals surface area contributed by atoms with E-state index in [1.54, 1.807) is 18.2 Å². The van der Waals surface area contributed by atoms with E-state index in [2.05, 4.69) is 30.7 Å². The van der Waals surface area contributed by atoms with Crippen molar-refractivity contribution in [2.24, 2.45) is 30.7 Å². The Labute approximate surface area is 465 Å². The zero-order chi connectivity index (χ0) is 45.4. The van der Waals surface area contributed by atoms with Crippen LogP contribution >= 0.6 is 0 Å². The van der Waals surface area contributed by atoms with E-state index in [0.717, 1.165) is 36.4 Å². The zero-order valence-corrected chi connectivity index (χ0v) is 46.1. The summed E-state index contributed by atoms with van der Waals surface area (Å²) in [4.78, 5) is -4.14. The van der Waals surface area contributed by atoms with Crippen molar-refractivity contribution in [1.29, 1.82) is 0 Å². The maximum Gasteiger partial charge on any atom is 1.00 e. The SMILES string of the molecule is Nc1ccc(N=Nc2ccc(C=Cc3ccc(N=Nc4c(S(=O)(=O)[O-])cc5cc(S(=O)(=O)[O-])c(N=Nc6ccccc6)c(O)c5c4N)cc3S(=O)(=O)[O-])c(S(=O)(=O)[O-])c2)c(N)c1.[Na+].[Na+].[Na+].[Na+]. The second-order valence-electron chi connectivity index (χ2n) is 12.7. The van der Waals surface area contributed by atoms with Gasteiger partial charge in [0.05, 0.1) is 53.4 Å². The quantitative estimate of drug-likeness (QED) is 0.0292.